The van der Waals surface area contributed by atoms with Crippen LogP contribution in [0.15, 0.2) is 46.0 Å². The number of hydrogen-bond acceptors (Lipinski definition) is 7. The third kappa shape index (κ3) is 4.82. The maximum Gasteiger partial charge on any atom is 0.338 e. The number of hydrogen-bond donors (Lipinski definition) is 2. The van der Waals surface area contributed by atoms with Crippen LogP contribution < -0.4 is 10.6 Å². The molecule has 9 heteroatoms. The fraction of sp³-hybridized carbons (Fsp3) is 0.391. The van der Waals surface area contributed by atoms with E-state index in [9.17, 15) is 19.3 Å². The Balaban J connectivity index is 1.81. The van der Waals surface area contributed by atoms with Gasteiger partial charge in [-0.1, -0.05) is 6.07 Å². The Morgan fingerprint density at radius 2 is 2.00 bits per heavy atom. The molecule has 2 amide bonds. The van der Waals surface area contributed by atoms with E-state index >= 15 is 0 Å². The number of nitroso groups, excluding NO2 is 1. The van der Waals surface area contributed by atoms with Crippen molar-refractivity contribution in [1.82, 2.24) is 10.6 Å². The highest BCUT2D eigenvalue weighted by Gasteiger charge is 2.30. The van der Waals surface area contributed by atoms with Gasteiger partial charge < -0.3 is 15.4 Å². The highest BCUT2D eigenvalue weighted by molar-refractivity contribution is 6.44. The zero-order valence-electron chi connectivity index (χ0n) is 18.7. The molecule has 0 saturated heterocycles. The van der Waals surface area contributed by atoms with Crippen molar-refractivity contribution in [3.05, 3.63) is 63.0 Å². The summed E-state index contributed by atoms with van der Waals surface area (Å²) in [6.07, 6.45) is 4.15. The maximum atomic E-state index is 12.9. The molecule has 1 atom stereocenters. The molecule has 0 aromatic heterocycles. The Morgan fingerprint density at radius 1 is 1.28 bits per heavy atom. The molecule has 2 aliphatic rings. The molecule has 0 radical (unpaired) electrons. The van der Waals surface area contributed by atoms with Gasteiger partial charge in [0.15, 0.2) is 0 Å². The number of ether oxygens (including phenoxy) is 1. The van der Waals surface area contributed by atoms with Gasteiger partial charge in [0.05, 0.1) is 11.6 Å². The fourth-order valence-electron chi connectivity index (χ4n) is 3.74. The molecule has 1 aromatic carbocycles. The number of aliphatic imine (C=N–C) groups is 1. The summed E-state index contributed by atoms with van der Waals surface area (Å²) in [5.41, 5.74) is 2.61. The minimum absolute atomic E-state index is 0.0932. The summed E-state index contributed by atoms with van der Waals surface area (Å²) in [5.74, 6) is -1.59. The summed E-state index contributed by atoms with van der Waals surface area (Å²) < 4.78 is 5.50. The average molecular weight is 438 g/mol. The van der Waals surface area contributed by atoms with Gasteiger partial charge in [0.25, 0.3) is 5.91 Å². The van der Waals surface area contributed by atoms with Crippen molar-refractivity contribution in [3.8, 4) is 0 Å². The van der Waals surface area contributed by atoms with Gasteiger partial charge >= 0.3 is 11.9 Å². The summed E-state index contributed by atoms with van der Waals surface area (Å²) in [5, 5.41) is 8.16. The predicted molar refractivity (Wildman–Crippen MR) is 119 cm³/mol. The Morgan fingerprint density at radius 3 is 2.62 bits per heavy atom. The molecule has 1 aliphatic carbocycles. The number of rotatable bonds is 4. The van der Waals surface area contributed by atoms with E-state index in [1.807, 2.05) is 33.8 Å². The zero-order chi connectivity index (χ0) is 23.6. The number of benzene rings is 1. The fourth-order valence-corrected chi connectivity index (χ4v) is 3.74. The lowest BCUT2D eigenvalue weighted by Gasteiger charge is -2.21. The van der Waals surface area contributed by atoms with E-state index in [2.05, 4.69) is 20.8 Å². The van der Waals surface area contributed by atoms with Gasteiger partial charge in [0.2, 0.25) is 0 Å². The van der Waals surface area contributed by atoms with Gasteiger partial charge in [-0.2, -0.15) is 0 Å². The SMILES string of the molecule is C/C=C1/N=C(C(=O)N=O)C=C(C(=O)NC2CCc3c2ccc(C(=O)OC(C)(C)C)c3C)N1. The van der Waals surface area contributed by atoms with Crippen molar-refractivity contribution in [3.63, 3.8) is 0 Å². The second-order valence-corrected chi connectivity index (χ2v) is 8.62. The Hall–Kier alpha value is -3.62. The molecule has 0 fully saturated rings. The number of carbonyl (C=O) groups is 3. The lowest BCUT2D eigenvalue weighted by Crippen LogP contribution is -2.36. The van der Waals surface area contributed by atoms with Crippen molar-refractivity contribution in [2.45, 2.75) is 59.1 Å². The topological polar surface area (TPSA) is 126 Å². The Kier molecular flexibility index (Phi) is 6.38. The molecule has 168 valence electrons. The molecule has 0 saturated carbocycles. The summed E-state index contributed by atoms with van der Waals surface area (Å²) in [6.45, 7) is 9.03. The number of nitrogens with one attached hydrogen (secondary N) is 2. The third-order valence-corrected chi connectivity index (χ3v) is 5.22. The highest BCUT2D eigenvalue weighted by Crippen LogP contribution is 2.35. The highest BCUT2D eigenvalue weighted by atomic mass is 16.6. The molecule has 1 aromatic rings. The number of amides is 2. The molecule has 1 unspecified atom stereocenters. The smallest absolute Gasteiger partial charge is 0.338 e. The summed E-state index contributed by atoms with van der Waals surface area (Å²) in [6, 6.07) is 3.30. The van der Waals surface area contributed by atoms with Crippen LogP contribution >= 0.6 is 0 Å². The second kappa shape index (κ2) is 8.86. The van der Waals surface area contributed by atoms with Gasteiger partial charge in [0, 0.05) is 5.18 Å². The first kappa shape index (κ1) is 23.1. The second-order valence-electron chi connectivity index (χ2n) is 8.62. The quantitative estimate of drug-likeness (QED) is 0.549. The summed E-state index contributed by atoms with van der Waals surface area (Å²) in [7, 11) is 0. The van der Waals surface area contributed by atoms with E-state index in [0.29, 0.717) is 18.4 Å². The molecule has 1 heterocycles. The van der Waals surface area contributed by atoms with Gasteiger partial charge in [-0.3, -0.25) is 9.59 Å². The minimum atomic E-state index is -1.05. The molecule has 32 heavy (non-hydrogen) atoms. The van der Waals surface area contributed by atoms with Crippen LogP contribution in [0.5, 0.6) is 0 Å². The molecular formula is C23H26N4O5. The molecule has 0 bridgehead atoms. The van der Waals surface area contributed by atoms with E-state index in [1.165, 1.54) is 6.08 Å². The third-order valence-electron chi connectivity index (χ3n) is 5.22. The van der Waals surface area contributed by atoms with Crippen molar-refractivity contribution in [2.24, 2.45) is 10.2 Å². The first-order valence-corrected chi connectivity index (χ1v) is 10.3. The van der Waals surface area contributed by atoms with Crippen LogP contribution in [0.2, 0.25) is 0 Å². The van der Waals surface area contributed by atoms with Gasteiger partial charge in [-0.05, 0) is 82.4 Å². The maximum absolute atomic E-state index is 12.9. The normalized spacial score (nSPS) is 18.8. The zero-order valence-corrected chi connectivity index (χ0v) is 18.7. The average Bonchev–Trinajstić information content (AvgIpc) is 3.15. The van der Waals surface area contributed by atoms with E-state index < -0.39 is 17.4 Å². The molecule has 2 N–H and O–H groups in total. The molecular weight excluding hydrogens is 412 g/mol. The Labute approximate surface area is 186 Å². The van der Waals surface area contributed by atoms with Crippen LogP contribution in [0.1, 0.15) is 67.2 Å². The first-order chi connectivity index (χ1) is 15.0. The summed E-state index contributed by atoms with van der Waals surface area (Å²) in [4.78, 5) is 51.6. The number of allylic oxidation sites excluding steroid dienone is 1. The van der Waals surface area contributed by atoms with E-state index in [0.717, 1.165) is 16.7 Å². The lowest BCUT2D eigenvalue weighted by atomic mass is 9.97. The molecule has 0 spiro atoms. The largest absolute Gasteiger partial charge is 0.456 e. The standard InChI is InChI=1S/C23H26N4O5/c1-6-19-24-17(11-18(25-19)21(29)27-31)20(28)26-16-10-9-13-12(2)14(7-8-15(13)16)22(30)32-23(3,4)5/h6-8,11,16,24H,9-10H2,1-5H3,(H,26,28)/b19-6+. The molecule has 9 nitrogen and oxygen atoms in total. The van der Waals surface area contributed by atoms with Gasteiger partial charge in [0.1, 0.15) is 22.8 Å². The van der Waals surface area contributed by atoms with Crippen molar-refractivity contribution in [1.29, 1.82) is 0 Å². The van der Waals surface area contributed by atoms with Gasteiger partial charge in [-0.15, -0.1) is 4.91 Å². The number of fused-ring (bicyclic) bond motifs is 1. The monoisotopic (exact) mass is 438 g/mol. The predicted octanol–water partition coefficient (Wildman–Crippen LogP) is 3.14. The van der Waals surface area contributed by atoms with Crippen molar-refractivity contribution >= 4 is 23.5 Å². The number of esters is 1. The van der Waals surface area contributed by atoms with Crippen LogP contribution in [-0.4, -0.2) is 29.1 Å². The van der Waals surface area contributed by atoms with Crippen molar-refractivity contribution in [2.75, 3.05) is 0 Å². The molecule has 3 rings (SSSR count). The molecule has 1 aliphatic heterocycles. The van der Waals surface area contributed by atoms with Gasteiger partial charge in [-0.25, -0.2) is 9.79 Å². The Bertz CT molecular complexity index is 1090. The van der Waals surface area contributed by atoms with E-state index in [1.54, 1.807) is 19.1 Å². The van der Waals surface area contributed by atoms with Crippen molar-refractivity contribution < 1.29 is 19.1 Å². The van der Waals surface area contributed by atoms with Crippen LogP contribution in [0, 0.1) is 11.8 Å². The lowest BCUT2D eigenvalue weighted by molar-refractivity contribution is -0.118. The first-order valence-electron chi connectivity index (χ1n) is 10.3. The summed E-state index contributed by atoms with van der Waals surface area (Å²) >= 11 is 0. The van der Waals surface area contributed by atoms with Crippen LogP contribution in [0.3, 0.4) is 0 Å². The van der Waals surface area contributed by atoms with Crippen LogP contribution in [-0.2, 0) is 20.7 Å². The number of carbonyl (C=O) groups excluding carboxylic acids is 3. The van der Waals surface area contributed by atoms with E-state index in [-0.39, 0.29) is 29.2 Å². The minimum Gasteiger partial charge on any atom is -0.456 e. The van der Waals surface area contributed by atoms with Crippen LogP contribution in [0.4, 0.5) is 0 Å². The number of nitrogens with zero attached hydrogens (tertiary/aromatic N) is 2. The van der Waals surface area contributed by atoms with Crippen LogP contribution in [0.25, 0.3) is 0 Å². The van der Waals surface area contributed by atoms with E-state index in [4.69, 9.17) is 4.74 Å².